The lowest BCUT2D eigenvalue weighted by molar-refractivity contribution is 0.163. The molecule has 1 aliphatic rings. The number of hydrogen-bond acceptors (Lipinski definition) is 4. The summed E-state index contributed by atoms with van der Waals surface area (Å²) in [6.45, 7) is 6.33. The number of aromatic hydroxyl groups is 1. The van der Waals surface area contributed by atoms with Gasteiger partial charge in [0.05, 0.1) is 11.6 Å². The Balaban J connectivity index is 2.41. The van der Waals surface area contributed by atoms with Gasteiger partial charge < -0.3 is 15.2 Å². The van der Waals surface area contributed by atoms with E-state index in [0.717, 1.165) is 43.5 Å². The van der Waals surface area contributed by atoms with Gasteiger partial charge in [-0.25, -0.2) is 0 Å². The molecule has 21 heavy (non-hydrogen) atoms. The highest BCUT2D eigenvalue weighted by atomic mass is 79.9. The summed E-state index contributed by atoms with van der Waals surface area (Å²) in [5.74, 6) is 0.653. The molecule has 0 amide bonds. The highest BCUT2D eigenvalue weighted by molar-refractivity contribution is 9.13. The monoisotopic (exact) mass is 420 g/mol. The third-order valence-electron chi connectivity index (χ3n) is 3.91. The number of methoxy groups -OCH3 is 1. The van der Waals surface area contributed by atoms with Crippen LogP contribution in [0.5, 0.6) is 11.5 Å². The van der Waals surface area contributed by atoms with E-state index in [1.165, 1.54) is 5.56 Å². The molecule has 0 unspecified atom stereocenters. The second kappa shape index (κ2) is 7.81. The van der Waals surface area contributed by atoms with E-state index < -0.39 is 0 Å². The van der Waals surface area contributed by atoms with Crippen molar-refractivity contribution >= 4 is 31.9 Å². The summed E-state index contributed by atoms with van der Waals surface area (Å²) in [4.78, 5) is 2.50. The van der Waals surface area contributed by atoms with Gasteiger partial charge in [0, 0.05) is 36.7 Å². The average Bonchev–Trinajstić information content (AvgIpc) is 2.52. The van der Waals surface area contributed by atoms with Gasteiger partial charge in [-0.1, -0.05) is 13.3 Å². The van der Waals surface area contributed by atoms with E-state index in [4.69, 9.17) is 4.74 Å². The van der Waals surface area contributed by atoms with Crippen molar-refractivity contribution in [2.45, 2.75) is 25.8 Å². The highest BCUT2D eigenvalue weighted by Crippen LogP contribution is 2.45. The van der Waals surface area contributed by atoms with Crippen LogP contribution in [0.1, 0.15) is 31.4 Å². The van der Waals surface area contributed by atoms with E-state index in [0.29, 0.717) is 16.3 Å². The maximum atomic E-state index is 10.1. The number of hydrogen-bond donors (Lipinski definition) is 2. The number of nitrogens with one attached hydrogen (secondary N) is 1. The number of halogens is 2. The van der Waals surface area contributed by atoms with Crippen molar-refractivity contribution in [3.8, 4) is 11.5 Å². The number of phenolic OH excluding ortho intramolecular Hbond substituents is 1. The van der Waals surface area contributed by atoms with Crippen molar-refractivity contribution < 1.29 is 9.84 Å². The van der Waals surface area contributed by atoms with Gasteiger partial charge in [0.1, 0.15) is 0 Å². The fourth-order valence-corrected chi connectivity index (χ4v) is 3.80. The second-order valence-electron chi connectivity index (χ2n) is 5.24. The third kappa shape index (κ3) is 3.73. The quantitative estimate of drug-likeness (QED) is 0.761. The van der Waals surface area contributed by atoms with Crippen LogP contribution in [0.4, 0.5) is 0 Å². The van der Waals surface area contributed by atoms with Crippen molar-refractivity contribution in [1.29, 1.82) is 0 Å². The standard InChI is InChI=1S/C15H22Br2N2O2/c1-3-4-11(19-7-5-18-6-8-19)10-9-12(21-2)15(20)14(17)13(10)16/h9,11,18,20H,3-8H2,1-2H3/t11-/m1/s1. The molecule has 0 spiro atoms. The van der Waals surface area contributed by atoms with Crippen LogP contribution in [-0.4, -0.2) is 43.3 Å². The van der Waals surface area contributed by atoms with Crippen molar-refractivity contribution in [3.63, 3.8) is 0 Å². The van der Waals surface area contributed by atoms with E-state index in [1.54, 1.807) is 7.11 Å². The zero-order valence-electron chi connectivity index (χ0n) is 12.5. The molecule has 4 nitrogen and oxygen atoms in total. The molecule has 1 fully saturated rings. The Hall–Kier alpha value is -0.300. The third-order valence-corrected chi connectivity index (χ3v) is 6.07. The minimum Gasteiger partial charge on any atom is -0.503 e. The van der Waals surface area contributed by atoms with Crippen molar-refractivity contribution in [2.24, 2.45) is 0 Å². The minimum absolute atomic E-state index is 0.142. The molecule has 1 aliphatic heterocycles. The minimum atomic E-state index is 0.142. The molecule has 0 saturated carbocycles. The van der Waals surface area contributed by atoms with Gasteiger partial charge in [0.2, 0.25) is 0 Å². The van der Waals surface area contributed by atoms with Crippen LogP contribution in [0.2, 0.25) is 0 Å². The van der Waals surface area contributed by atoms with E-state index in [1.807, 2.05) is 6.07 Å². The summed E-state index contributed by atoms with van der Waals surface area (Å²) in [5.41, 5.74) is 1.17. The fourth-order valence-electron chi connectivity index (χ4n) is 2.81. The highest BCUT2D eigenvalue weighted by Gasteiger charge is 2.26. The van der Waals surface area contributed by atoms with E-state index in [9.17, 15) is 5.11 Å². The average molecular weight is 422 g/mol. The van der Waals surface area contributed by atoms with E-state index in [-0.39, 0.29) is 5.75 Å². The van der Waals surface area contributed by atoms with Crippen LogP contribution in [-0.2, 0) is 0 Å². The predicted octanol–water partition coefficient (Wildman–Crippen LogP) is 3.67. The Bertz CT molecular complexity index is 491. The first-order chi connectivity index (χ1) is 10.1. The van der Waals surface area contributed by atoms with Crippen LogP contribution in [0, 0.1) is 0 Å². The Labute approximate surface area is 143 Å². The number of piperazine rings is 1. The molecule has 0 radical (unpaired) electrons. The summed E-state index contributed by atoms with van der Waals surface area (Å²) in [7, 11) is 1.58. The lowest BCUT2D eigenvalue weighted by Gasteiger charge is -2.36. The van der Waals surface area contributed by atoms with Crippen molar-refractivity contribution in [2.75, 3.05) is 33.3 Å². The van der Waals surface area contributed by atoms with Gasteiger partial charge in [-0.15, -0.1) is 0 Å². The largest absolute Gasteiger partial charge is 0.503 e. The molecule has 0 aromatic heterocycles. The molecule has 0 bridgehead atoms. The van der Waals surface area contributed by atoms with Crippen LogP contribution >= 0.6 is 31.9 Å². The molecule has 2 N–H and O–H groups in total. The molecule has 2 rings (SSSR count). The summed E-state index contributed by atoms with van der Waals surface area (Å²) in [6, 6.07) is 2.28. The maximum Gasteiger partial charge on any atom is 0.173 e. The predicted molar refractivity (Wildman–Crippen MR) is 92.2 cm³/mol. The lowest BCUT2D eigenvalue weighted by atomic mass is 9.99. The topological polar surface area (TPSA) is 44.7 Å². The molecule has 0 aliphatic carbocycles. The summed E-state index contributed by atoms with van der Waals surface area (Å²) in [5, 5.41) is 13.5. The molecule has 1 heterocycles. The summed E-state index contributed by atoms with van der Waals surface area (Å²) in [6.07, 6.45) is 2.20. The second-order valence-corrected chi connectivity index (χ2v) is 6.82. The normalized spacial score (nSPS) is 17.7. The van der Waals surface area contributed by atoms with Crippen molar-refractivity contribution in [1.82, 2.24) is 10.2 Å². The zero-order valence-corrected chi connectivity index (χ0v) is 15.6. The molecule has 1 aromatic carbocycles. The summed E-state index contributed by atoms with van der Waals surface area (Å²) >= 11 is 7.08. The first kappa shape index (κ1) is 17.1. The Morgan fingerprint density at radius 3 is 2.57 bits per heavy atom. The molecule has 1 atom stereocenters. The van der Waals surface area contributed by atoms with Crippen molar-refractivity contribution in [3.05, 3.63) is 20.6 Å². The molecule has 1 aromatic rings. The maximum absolute atomic E-state index is 10.1. The zero-order chi connectivity index (χ0) is 15.4. The molecule has 1 saturated heterocycles. The number of nitrogens with zero attached hydrogens (tertiary/aromatic N) is 1. The molecular formula is C15H22Br2N2O2. The van der Waals surface area contributed by atoms with Gasteiger partial charge in [-0.3, -0.25) is 4.90 Å². The van der Waals surface area contributed by atoms with Gasteiger partial charge >= 0.3 is 0 Å². The van der Waals surface area contributed by atoms with Crippen LogP contribution in [0.15, 0.2) is 15.0 Å². The SMILES string of the molecule is CCC[C@H](c1cc(OC)c(O)c(Br)c1Br)N1CCNCC1. The Morgan fingerprint density at radius 1 is 1.33 bits per heavy atom. The van der Waals surface area contributed by atoms with Crippen LogP contribution < -0.4 is 10.1 Å². The smallest absolute Gasteiger partial charge is 0.173 e. The first-order valence-electron chi connectivity index (χ1n) is 7.29. The Kier molecular flexibility index (Phi) is 6.34. The number of ether oxygens (including phenoxy) is 1. The number of benzene rings is 1. The molecule has 118 valence electrons. The molecular weight excluding hydrogens is 400 g/mol. The number of rotatable bonds is 5. The van der Waals surface area contributed by atoms with Crippen LogP contribution in [0.25, 0.3) is 0 Å². The van der Waals surface area contributed by atoms with E-state index >= 15 is 0 Å². The first-order valence-corrected chi connectivity index (χ1v) is 8.88. The lowest BCUT2D eigenvalue weighted by Crippen LogP contribution is -2.45. The summed E-state index contributed by atoms with van der Waals surface area (Å²) < 4.78 is 6.88. The molecule has 6 heteroatoms. The van der Waals surface area contributed by atoms with Gasteiger partial charge in [0.15, 0.2) is 11.5 Å². The van der Waals surface area contributed by atoms with Gasteiger partial charge in [0.25, 0.3) is 0 Å². The fraction of sp³-hybridized carbons (Fsp3) is 0.600. The van der Waals surface area contributed by atoms with E-state index in [2.05, 4.69) is 49.0 Å². The van der Waals surface area contributed by atoms with Gasteiger partial charge in [-0.2, -0.15) is 0 Å². The Morgan fingerprint density at radius 2 is 2.00 bits per heavy atom. The van der Waals surface area contributed by atoms with Gasteiger partial charge in [-0.05, 0) is 49.9 Å². The van der Waals surface area contributed by atoms with Crippen LogP contribution in [0.3, 0.4) is 0 Å². The number of phenols is 1.